The molecule has 2 aliphatic heterocycles. The molecule has 0 saturated heterocycles. The average Bonchev–Trinajstić information content (AvgIpc) is 3.09. The lowest BCUT2D eigenvalue weighted by Crippen LogP contribution is -2.33. The zero-order chi connectivity index (χ0) is 19.0. The number of fused-ring (bicyclic) bond motifs is 1. The number of hydrogen-bond donors (Lipinski definition) is 1. The molecule has 2 aromatic carbocycles. The second-order valence-corrected chi connectivity index (χ2v) is 6.44. The molecule has 0 aliphatic carbocycles. The van der Waals surface area contributed by atoms with Gasteiger partial charge in [0.25, 0.3) is 0 Å². The zero-order valence-electron chi connectivity index (χ0n) is 15.3. The Morgan fingerprint density at radius 3 is 2.48 bits per heavy atom. The van der Waals surface area contributed by atoms with Crippen molar-refractivity contribution in [1.82, 2.24) is 0 Å². The first kappa shape index (κ1) is 17.4. The molecule has 2 aliphatic rings. The number of hydrogen-bond acceptors (Lipinski definition) is 6. The summed E-state index contributed by atoms with van der Waals surface area (Å²) in [6, 6.07) is 13.5. The Kier molecular flexibility index (Phi) is 4.49. The van der Waals surface area contributed by atoms with Crippen LogP contribution in [0.5, 0.6) is 11.5 Å². The van der Waals surface area contributed by atoms with E-state index < -0.39 is 0 Å². The summed E-state index contributed by atoms with van der Waals surface area (Å²) in [5, 5.41) is 9.56. The number of cyclic esters (lactones) is 1. The number of carbonyl (C=O) groups excluding carboxylic acids is 1. The number of carbonyl (C=O) groups is 1. The summed E-state index contributed by atoms with van der Waals surface area (Å²) >= 11 is 0. The number of aliphatic hydroxyl groups is 1. The van der Waals surface area contributed by atoms with Gasteiger partial charge in [0.1, 0.15) is 18.1 Å². The molecule has 1 N–H and O–H groups in total. The highest BCUT2D eigenvalue weighted by atomic mass is 16.5. The number of anilines is 1. The summed E-state index contributed by atoms with van der Waals surface area (Å²) in [5.41, 5.74) is 4.31. The van der Waals surface area contributed by atoms with Gasteiger partial charge in [0.05, 0.1) is 32.1 Å². The van der Waals surface area contributed by atoms with E-state index in [1.807, 2.05) is 47.4 Å². The lowest BCUT2D eigenvalue weighted by atomic mass is 9.80. The van der Waals surface area contributed by atoms with E-state index in [9.17, 15) is 9.90 Å². The number of esters is 1. The zero-order valence-corrected chi connectivity index (χ0v) is 15.3. The molecule has 0 aromatic heterocycles. The third kappa shape index (κ3) is 2.82. The Morgan fingerprint density at radius 2 is 1.81 bits per heavy atom. The van der Waals surface area contributed by atoms with Gasteiger partial charge >= 0.3 is 5.97 Å². The van der Waals surface area contributed by atoms with E-state index in [1.54, 1.807) is 14.2 Å². The molecular formula is C21H21NO5. The van der Waals surface area contributed by atoms with Crippen LogP contribution in [0.15, 0.2) is 53.7 Å². The number of ether oxygens (including phenoxy) is 3. The third-order valence-electron chi connectivity index (χ3n) is 5.10. The van der Waals surface area contributed by atoms with Gasteiger partial charge in [-0.05, 0) is 29.3 Å². The molecule has 2 aromatic rings. The third-order valence-corrected chi connectivity index (χ3v) is 5.10. The molecule has 27 heavy (non-hydrogen) atoms. The highest BCUT2D eigenvalue weighted by Gasteiger charge is 2.41. The fourth-order valence-corrected chi connectivity index (χ4v) is 3.84. The van der Waals surface area contributed by atoms with Crippen LogP contribution in [-0.2, 0) is 9.53 Å². The first-order valence-electron chi connectivity index (χ1n) is 8.78. The molecule has 0 bridgehead atoms. The van der Waals surface area contributed by atoms with E-state index in [-0.39, 0.29) is 25.1 Å². The van der Waals surface area contributed by atoms with Crippen molar-refractivity contribution in [3.63, 3.8) is 0 Å². The van der Waals surface area contributed by atoms with Gasteiger partial charge in [0.2, 0.25) is 0 Å². The Labute approximate surface area is 157 Å². The van der Waals surface area contributed by atoms with E-state index in [2.05, 4.69) is 0 Å². The first-order chi connectivity index (χ1) is 13.2. The van der Waals surface area contributed by atoms with Crippen molar-refractivity contribution in [1.29, 1.82) is 0 Å². The highest BCUT2D eigenvalue weighted by molar-refractivity contribution is 5.97. The predicted molar refractivity (Wildman–Crippen MR) is 100 cm³/mol. The number of benzene rings is 2. The molecule has 2 heterocycles. The fraction of sp³-hybridized carbons (Fsp3) is 0.286. The number of nitrogens with zero attached hydrogens (tertiary/aromatic N) is 1. The Balaban J connectivity index is 1.92. The highest BCUT2D eigenvalue weighted by Crippen LogP contribution is 2.48. The lowest BCUT2D eigenvalue weighted by molar-refractivity contribution is -0.136. The normalized spacial score (nSPS) is 18.1. The van der Waals surface area contributed by atoms with Gasteiger partial charge in [-0.3, -0.25) is 0 Å². The average molecular weight is 367 g/mol. The van der Waals surface area contributed by atoms with Crippen LogP contribution in [0, 0.1) is 0 Å². The van der Waals surface area contributed by atoms with E-state index in [0.717, 1.165) is 34.0 Å². The van der Waals surface area contributed by atoms with Crippen LogP contribution in [0.2, 0.25) is 0 Å². The van der Waals surface area contributed by atoms with Gasteiger partial charge in [-0.1, -0.05) is 18.2 Å². The molecule has 0 radical (unpaired) electrons. The summed E-state index contributed by atoms with van der Waals surface area (Å²) in [4.78, 5) is 14.5. The Bertz CT molecular complexity index is 903. The molecule has 0 amide bonds. The summed E-state index contributed by atoms with van der Waals surface area (Å²) < 4.78 is 16.0. The van der Waals surface area contributed by atoms with Crippen LogP contribution in [-0.4, -0.2) is 45.1 Å². The van der Waals surface area contributed by atoms with Crippen LogP contribution in [0.1, 0.15) is 17.0 Å². The van der Waals surface area contributed by atoms with Gasteiger partial charge in [-0.25, -0.2) is 4.79 Å². The Hall–Kier alpha value is -2.99. The predicted octanol–water partition coefficient (Wildman–Crippen LogP) is 2.46. The van der Waals surface area contributed by atoms with Crippen molar-refractivity contribution in [3.8, 4) is 11.5 Å². The number of rotatable bonds is 5. The van der Waals surface area contributed by atoms with E-state index in [1.165, 1.54) is 0 Å². The van der Waals surface area contributed by atoms with E-state index >= 15 is 0 Å². The maximum Gasteiger partial charge on any atom is 0.337 e. The molecule has 1 atom stereocenters. The van der Waals surface area contributed by atoms with Crippen molar-refractivity contribution in [3.05, 3.63) is 64.9 Å². The van der Waals surface area contributed by atoms with Gasteiger partial charge in [-0.15, -0.1) is 0 Å². The van der Waals surface area contributed by atoms with Gasteiger partial charge in [-0.2, -0.15) is 0 Å². The minimum atomic E-state index is -0.310. The van der Waals surface area contributed by atoms with E-state index in [0.29, 0.717) is 12.1 Å². The van der Waals surface area contributed by atoms with Gasteiger partial charge in [0.15, 0.2) is 0 Å². The van der Waals surface area contributed by atoms with Gasteiger partial charge < -0.3 is 24.2 Å². The van der Waals surface area contributed by atoms with Crippen LogP contribution in [0.4, 0.5) is 5.69 Å². The molecule has 0 saturated carbocycles. The quantitative estimate of drug-likeness (QED) is 0.819. The number of methoxy groups -OCH3 is 2. The topological polar surface area (TPSA) is 68.2 Å². The SMILES string of the molecule is COc1ccc(C2C3=C(COC3=O)N(CCO)c3cc(OC)ccc32)cc1. The molecule has 4 rings (SSSR count). The Morgan fingerprint density at radius 1 is 1.11 bits per heavy atom. The molecule has 1 unspecified atom stereocenters. The van der Waals surface area contributed by atoms with Crippen molar-refractivity contribution in [2.45, 2.75) is 5.92 Å². The molecule has 6 nitrogen and oxygen atoms in total. The maximum atomic E-state index is 12.6. The minimum absolute atomic E-state index is 0.0329. The van der Waals surface area contributed by atoms with Gasteiger partial charge in [0, 0.05) is 24.2 Å². The summed E-state index contributed by atoms with van der Waals surface area (Å²) in [5.74, 6) is 0.932. The van der Waals surface area contributed by atoms with Crippen molar-refractivity contribution >= 4 is 11.7 Å². The lowest BCUT2D eigenvalue weighted by Gasteiger charge is -2.35. The molecule has 6 heteroatoms. The maximum absolute atomic E-state index is 12.6. The standard InChI is InChI=1S/C21H21NO5/c1-25-14-5-3-13(4-6-14)19-16-8-7-15(26-2)11-17(16)22(9-10-23)18-12-27-21(24)20(18)19/h3-8,11,19,23H,9-10,12H2,1-2H3. The molecule has 140 valence electrons. The van der Waals surface area contributed by atoms with Crippen molar-refractivity contribution < 1.29 is 24.1 Å². The van der Waals surface area contributed by atoms with E-state index in [4.69, 9.17) is 14.2 Å². The summed E-state index contributed by atoms with van der Waals surface area (Å²) in [6.45, 7) is 0.553. The van der Waals surface area contributed by atoms with Crippen LogP contribution >= 0.6 is 0 Å². The van der Waals surface area contributed by atoms with Crippen LogP contribution in [0.3, 0.4) is 0 Å². The van der Waals surface area contributed by atoms with Crippen molar-refractivity contribution in [2.75, 3.05) is 38.9 Å². The van der Waals surface area contributed by atoms with Crippen LogP contribution in [0.25, 0.3) is 0 Å². The smallest absolute Gasteiger partial charge is 0.337 e. The number of aliphatic hydroxyl groups excluding tert-OH is 1. The first-order valence-corrected chi connectivity index (χ1v) is 8.78. The van der Waals surface area contributed by atoms with Crippen molar-refractivity contribution in [2.24, 2.45) is 0 Å². The summed E-state index contributed by atoms with van der Waals surface area (Å²) in [7, 11) is 3.24. The molecule has 0 fully saturated rings. The molecular weight excluding hydrogens is 346 g/mol. The summed E-state index contributed by atoms with van der Waals surface area (Å²) in [6.07, 6.45) is 0. The largest absolute Gasteiger partial charge is 0.497 e. The molecule has 0 spiro atoms. The second kappa shape index (κ2) is 6.96. The minimum Gasteiger partial charge on any atom is -0.497 e. The second-order valence-electron chi connectivity index (χ2n) is 6.44. The monoisotopic (exact) mass is 367 g/mol. The van der Waals surface area contributed by atoms with Crippen LogP contribution < -0.4 is 14.4 Å². The fourth-order valence-electron chi connectivity index (χ4n) is 3.84. The number of β-amino-alcohol motifs (C(OH)–C–C–N with tert-alkyl or cyclic N) is 1.